The van der Waals surface area contributed by atoms with Crippen LogP contribution in [0.15, 0.2) is 12.7 Å². The van der Waals surface area contributed by atoms with Crippen LogP contribution in [-0.2, 0) is 23.1 Å². The first-order chi connectivity index (χ1) is 17.2. The van der Waals surface area contributed by atoms with Crippen molar-refractivity contribution < 1.29 is 23.1 Å². The van der Waals surface area contributed by atoms with Crippen molar-refractivity contribution in [2.24, 2.45) is 17.8 Å². The smallest absolute Gasteiger partial charge is 0.192 e. The summed E-state index contributed by atoms with van der Waals surface area (Å²) in [6, 6.07) is 0. The minimum atomic E-state index is -2.03. The first kappa shape index (κ1) is 38.0. The molecule has 0 aromatic carbocycles. The predicted molar refractivity (Wildman–Crippen MR) is 169 cm³/mol. The summed E-state index contributed by atoms with van der Waals surface area (Å²) in [5, 5.41) is 0.257. The molecule has 228 valence electrons. The Morgan fingerprint density at radius 2 is 1.24 bits per heavy atom. The summed E-state index contributed by atoms with van der Waals surface area (Å²) in [4.78, 5) is 0. The minimum absolute atomic E-state index is 0.0460. The van der Waals surface area contributed by atoms with Crippen molar-refractivity contribution in [3.63, 3.8) is 0 Å². The first-order valence-electron chi connectivity index (χ1n) is 14.8. The molecule has 7 atom stereocenters. The van der Waals surface area contributed by atoms with E-state index in [2.05, 4.69) is 102 Å². The van der Waals surface area contributed by atoms with Crippen LogP contribution >= 0.6 is 0 Å². The summed E-state index contributed by atoms with van der Waals surface area (Å²) in [5.74, 6) is 0.817. The van der Waals surface area contributed by atoms with Crippen molar-refractivity contribution in [1.29, 1.82) is 0 Å². The molecule has 7 heteroatoms. The van der Waals surface area contributed by atoms with E-state index in [0.717, 1.165) is 19.3 Å². The molecule has 0 aliphatic rings. The second-order valence-corrected chi connectivity index (χ2v) is 24.1. The Morgan fingerprint density at radius 3 is 1.66 bits per heavy atom. The second kappa shape index (κ2) is 15.8. The van der Waals surface area contributed by atoms with Gasteiger partial charge in [-0.2, -0.15) is 0 Å². The molecule has 0 radical (unpaired) electrons. The zero-order chi connectivity index (χ0) is 30.1. The molecule has 38 heavy (non-hydrogen) atoms. The fourth-order valence-electron chi connectivity index (χ4n) is 4.29. The molecular formula is C31H66O5Si2. The van der Waals surface area contributed by atoms with Crippen LogP contribution in [0, 0.1) is 17.8 Å². The normalized spacial score (nSPS) is 19.4. The van der Waals surface area contributed by atoms with Gasteiger partial charge in [0, 0.05) is 26.1 Å². The molecule has 0 aliphatic heterocycles. The molecule has 0 bridgehead atoms. The van der Waals surface area contributed by atoms with Gasteiger partial charge in [-0.3, -0.25) is 0 Å². The summed E-state index contributed by atoms with van der Waals surface area (Å²) in [5.41, 5.74) is 0. The lowest BCUT2D eigenvalue weighted by Crippen LogP contribution is -2.53. The van der Waals surface area contributed by atoms with Crippen LogP contribution in [0.5, 0.6) is 0 Å². The fraction of sp³-hybridized carbons (Fsp3) is 0.935. The maximum atomic E-state index is 7.23. The zero-order valence-corrected chi connectivity index (χ0v) is 30.2. The van der Waals surface area contributed by atoms with Crippen molar-refractivity contribution >= 4 is 16.6 Å². The highest BCUT2D eigenvalue weighted by molar-refractivity contribution is 6.74. The van der Waals surface area contributed by atoms with Crippen LogP contribution in [0.25, 0.3) is 0 Å². The van der Waals surface area contributed by atoms with Crippen molar-refractivity contribution in [1.82, 2.24) is 0 Å². The van der Waals surface area contributed by atoms with Crippen LogP contribution < -0.4 is 0 Å². The maximum Gasteiger partial charge on any atom is 0.192 e. The van der Waals surface area contributed by atoms with Gasteiger partial charge in [0.15, 0.2) is 16.6 Å². The monoisotopic (exact) mass is 574 g/mol. The SMILES string of the molecule is C=CC[C@H](OCOC)[C@@H](C)CC[C@H](O[Si](C)(C)C(C)(C)C)[C@@H](C)[C@@H](O[Si](C)(C)C(C)(C)C)[C@H](C)[C@H](C)OC. The topological polar surface area (TPSA) is 46.2 Å². The van der Waals surface area contributed by atoms with E-state index in [1.807, 2.05) is 6.08 Å². The van der Waals surface area contributed by atoms with Crippen LogP contribution in [0.4, 0.5) is 0 Å². The van der Waals surface area contributed by atoms with Gasteiger partial charge >= 0.3 is 0 Å². The highest BCUT2D eigenvalue weighted by atomic mass is 28.4. The van der Waals surface area contributed by atoms with E-state index in [0.29, 0.717) is 12.7 Å². The van der Waals surface area contributed by atoms with Gasteiger partial charge in [-0.15, -0.1) is 6.58 Å². The predicted octanol–water partition coefficient (Wildman–Crippen LogP) is 9.06. The Bertz CT molecular complexity index is 668. The van der Waals surface area contributed by atoms with Gasteiger partial charge < -0.3 is 23.1 Å². The molecular weight excluding hydrogens is 509 g/mol. The van der Waals surface area contributed by atoms with Crippen molar-refractivity contribution in [3.05, 3.63) is 12.7 Å². The highest BCUT2D eigenvalue weighted by Gasteiger charge is 2.46. The third-order valence-corrected chi connectivity index (χ3v) is 18.5. The van der Waals surface area contributed by atoms with Gasteiger partial charge in [-0.25, -0.2) is 0 Å². The van der Waals surface area contributed by atoms with Gasteiger partial charge in [0.2, 0.25) is 0 Å². The lowest BCUT2D eigenvalue weighted by atomic mass is 9.83. The van der Waals surface area contributed by atoms with E-state index < -0.39 is 16.6 Å². The minimum Gasteiger partial charge on any atom is -0.414 e. The van der Waals surface area contributed by atoms with Crippen molar-refractivity contribution in [3.8, 4) is 0 Å². The summed E-state index contributed by atoms with van der Waals surface area (Å²) in [7, 11) is -0.569. The van der Waals surface area contributed by atoms with Gasteiger partial charge in [0.1, 0.15) is 6.79 Å². The number of ether oxygens (including phenoxy) is 3. The number of methoxy groups -OCH3 is 2. The average Bonchev–Trinajstić information content (AvgIpc) is 2.79. The molecule has 0 unspecified atom stereocenters. The standard InChI is InChI=1S/C31H66O5Si2/c1-18-19-27(34-22-32-12)23(2)20-21-28(35-37(14,15)30(6,7)8)25(4)29(24(3)26(5)33-13)36-38(16,17)31(9,10)11/h18,23-29H,1,19-22H2,2-17H3/t23-,24+,25+,26-,27-,28-,29-/m0/s1. The van der Waals surface area contributed by atoms with E-state index >= 15 is 0 Å². The Labute approximate surface area is 240 Å². The molecule has 0 spiro atoms. The van der Waals surface area contributed by atoms with E-state index in [9.17, 15) is 0 Å². The number of hydrogen-bond donors (Lipinski definition) is 0. The molecule has 5 nitrogen and oxygen atoms in total. The molecule has 0 heterocycles. The molecule has 0 aromatic rings. The van der Waals surface area contributed by atoms with Crippen molar-refractivity contribution in [2.45, 2.75) is 149 Å². The summed E-state index contributed by atoms with van der Waals surface area (Å²) >= 11 is 0. The first-order valence-corrected chi connectivity index (χ1v) is 20.6. The Hall–Kier alpha value is -0.0262. The number of rotatable bonds is 18. The molecule has 0 N–H and O–H groups in total. The van der Waals surface area contributed by atoms with Crippen LogP contribution in [0.1, 0.15) is 88.5 Å². The average molecular weight is 575 g/mol. The molecule has 0 aromatic heterocycles. The van der Waals surface area contributed by atoms with E-state index in [1.54, 1.807) is 14.2 Å². The molecule has 0 amide bonds. The highest BCUT2D eigenvalue weighted by Crippen LogP contribution is 2.43. The lowest BCUT2D eigenvalue weighted by molar-refractivity contribution is -0.0907. The fourth-order valence-corrected chi connectivity index (χ4v) is 7.19. The maximum absolute atomic E-state index is 7.23. The summed E-state index contributed by atoms with van der Waals surface area (Å²) in [6.45, 7) is 36.7. The van der Waals surface area contributed by atoms with E-state index in [-0.39, 0.29) is 46.3 Å². The van der Waals surface area contributed by atoms with Gasteiger partial charge in [0.25, 0.3) is 0 Å². The summed E-state index contributed by atoms with van der Waals surface area (Å²) in [6.07, 6.45) is 5.04. The van der Waals surface area contributed by atoms with Gasteiger partial charge in [-0.05, 0) is 68.4 Å². The van der Waals surface area contributed by atoms with E-state index in [1.165, 1.54) is 0 Å². The second-order valence-electron chi connectivity index (χ2n) is 14.6. The molecule has 0 fully saturated rings. The quantitative estimate of drug-likeness (QED) is 0.0928. The molecule has 0 rings (SSSR count). The van der Waals surface area contributed by atoms with Crippen LogP contribution in [-0.4, -0.2) is 62.1 Å². The van der Waals surface area contributed by atoms with Crippen molar-refractivity contribution in [2.75, 3.05) is 21.0 Å². The molecule has 0 aliphatic carbocycles. The number of hydrogen-bond acceptors (Lipinski definition) is 5. The van der Waals surface area contributed by atoms with Gasteiger partial charge in [0.05, 0.1) is 24.4 Å². The Morgan fingerprint density at radius 1 is 0.737 bits per heavy atom. The van der Waals surface area contributed by atoms with E-state index in [4.69, 9.17) is 23.1 Å². The Kier molecular flexibility index (Phi) is 15.8. The largest absolute Gasteiger partial charge is 0.414 e. The lowest BCUT2D eigenvalue weighted by Gasteiger charge is -2.47. The van der Waals surface area contributed by atoms with Gasteiger partial charge in [-0.1, -0.05) is 68.4 Å². The van der Waals surface area contributed by atoms with Crippen LogP contribution in [0.3, 0.4) is 0 Å². The zero-order valence-electron chi connectivity index (χ0n) is 28.2. The third kappa shape index (κ3) is 11.5. The Balaban J connectivity index is 6.31. The molecule has 0 saturated heterocycles. The third-order valence-electron chi connectivity index (χ3n) is 9.56. The molecule has 0 saturated carbocycles. The summed E-state index contributed by atoms with van der Waals surface area (Å²) < 4.78 is 31.5. The van der Waals surface area contributed by atoms with Crippen LogP contribution in [0.2, 0.25) is 36.3 Å².